The Balaban J connectivity index is 1.11. The first-order valence-corrected chi connectivity index (χ1v) is 24.3. The Bertz CT molecular complexity index is 1970. The van der Waals surface area contributed by atoms with Gasteiger partial charge in [0.25, 0.3) is 0 Å². The molecule has 0 amide bonds. The monoisotopic (exact) mass is 664 g/mol. The van der Waals surface area contributed by atoms with Gasteiger partial charge in [0, 0.05) is 0 Å². The van der Waals surface area contributed by atoms with Crippen molar-refractivity contribution in [1.82, 2.24) is 0 Å². The molecule has 0 N–H and O–H groups in total. The molecule has 10 fully saturated rings. The van der Waals surface area contributed by atoms with Crippen LogP contribution in [0.25, 0.3) is 0 Å². The maximum absolute atomic E-state index is 13.7. The van der Waals surface area contributed by atoms with Crippen LogP contribution in [0.5, 0.6) is 0 Å². The van der Waals surface area contributed by atoms with E-state index in [9.17, 15) is 26.3 Å². The molecule has 2 aromatic rings. The topological polar surface area (TPSA) is 0 Å². The Hall–Kier alpha value is -0.601. The summed E-state index contributed by atoms with van der Waals surface area (Å²) in [5.74, 6) is 0. The van der Waals surface area contributed by atoms with Gasteiger partial charge in [-0.15, -0.1) is 0 Å². The Morgan fingerprint density at radius 1 is 0.595 bits per heavy atom. The van der Waals surface area contributed by atoms with Gasteiger partial charge in [0.05, 0.1) is 0 Å². The molecule has 4 unspecified atom stereocenters. The molecule has 228 valence electrons. The first-order valence-electron chi connectivity index (χ1n) is 15.2. The summed E-state index contributed by atoms with van der Waals surface area (Å²) in [7, 11) is -1.38. The van der Waals surface area contributed by atoms with Crippen molar-refractivity contribution in [3.8, 4) is 0 Å². The summed E-state index contributed by atoms with van der Waals surface area (Å²) in [5, 5.41) is 2.37. The van der Waals surface area contributed by atoms with Gasteiger partial charge in [-0.1, -0.05) is 0 Å². The summed E-state index contributed by atoms with van der Waals surface area (Å²) in [6, 6.07) is 11.9. The molecule has 1 spiro atoms. The van der Waals surface area contributed by atoms with E-state index in [4.69, 9.17) is 0 Å². The third-order valence-electron chi connectivity index (χ3n) is 20.3. The Morgan fingerprint density at radius 3 is 1.26 bits per heavy atom. The minimum atomic E-state index is -4.41. The van der Waals surface area contributed by atoms with Crippen molar-refractivity contribution in [2.75, 3.05) is 6.16 Å². The van der Waals surface area contributed by atoms with Crippen molar-refractivity contribution in [2.45, 2.75) is 111 Å². The van der Waals surface area contributed by atoms with Crippen molar-refractivity contribution < 1.29 is 32.9 Å². The van der Waals surface area contributed by atoms with Crippen molar-refractivity contribution >= 4 is 26.5 Å². The van der Waals surface area contributed by atoms with Crippen LogP contribution < -0.4 is 10.6 Å². The quantitative estimate of drug-likeness (QED) is 0.170. The first-order chi connectivity index (χ1) is 19.1. The molecule has 10 aliphatic heterocycles. The van der Waals surface area contributed by atoms with Gasteiger partial charge in [-0.3, -0.25) is 0 Å². The first kappa shape index (κ1) is 24.6. The van der Waals surface area contributed by atoms with Gasteiger partial charge in [0.15, 0.2) is 0 Å². The van der Waals surface area contributed by atoms with Gasteiger partial charge >= 0.3 is 236 Å². The molecule has 0 saturated carbocycles. The fourth-order valence-electron chi connectivity index (χ4n) is 21.8. The van der Waals surface area contributed by atoms with Gasteiger partial charge in [0.1, 0.15) is 0 Å². The summed E-state index contributed by atoms with van der Waals surface area (Å²) in [6.45, 7) is 10.3. The molecule has 0 bridgehead atoms. The van der Waals surface area contributed by atoms with E-state index in [0.29, 0.717) is 4.31 Å². The van der Waals surface area contributed by atoms with E-state index >= 15 is 0 Å². The van der Waals surface area contributed by atoms with Crippen LogP contribution in [0.2, 0.25) is 42.8 Å². The van der Waals surface area contributed by atoms with E-state index in [0.717, 1.165) is 49.1 Å². The number of benzene rings is 2. The van der Waals surface area contributed by atoms with E-state index in [1.807, 2.05) is 0 Å². The summed E-state index contributed by atoms with van der Waals surface area (Å²) < 4.78 is 82.7. The third-order valence-corrected chi connectivity index (χ3v) is 75.1. The second kappa shape index (κ2) is 3.63. The molecule has 5 atom stereocenters. The van der Waals surface area contributed by atoms with Crippen LogP contribution in [-0.2, 0) is 18.9 Å². The van der Waals surface area contributed by atoms with Gasteiger partial charge < -0.3 is 0 Å². The standard InChI is InChI=1S/C28H31F6P2.C5H5.Fe/c1-25(2,3)35(26(4,5)6)18-19-8-7-9-24(19)36(22-14-10-20(11-15-22)27(29,30)31)23-16-12-21(13-17-23)28(32,33)34;1-2-4-5-3-1;/h7-17H,18H2,1-6H3;1-5H;. The van der Waals surface area contributed by atoms with E-state index in [-0.39, 0.29) is 22.3 Å². The summed E-state index contributed by atoms with van der Waals surface area (Å²) in [5.41, 5.74) is -1.28. The van der Waals surface area contributed by atoms with Crippen molar-refractivity contribution in [1.29, 1.82) is 0 Å². The molecule has 12 rings (SSSR count). The second-order valence-corrected chi connectivity index (χ2v) is 49.2. The van der Waals surface area contributed by atoms with Crippen LogP contribution in [0.15, 0.2) is 48.5 Å². The zero-order valence-corrected chi connectivity index (χ0v) is 27.4. The van der Waals surface area contributed by atoms with Crippen LogP contribution in [0.1, 0.15) is 52.7 Å². The molecule has 0 radical (unpaired) electrons. The molecule has 10 heterocycles. The number of rotatable bonds is 5. The molecule has 0 aromatic heterocycles. The van der Waals surface area contributed by atoms with Gasteiger partial charge in [-0.05, 0) is 0 Å². The maximum atomic E-state index is 13.7. The number of fused-ring (bicyclic) bond motifs is 10. The molecule has 0 aliphatic carbocycles. The van der Waals surface area contributed by atoms with Crippen LogP contribution in [0.4, 0.5) is 26.3 Å². The SMILES string of the molecule is CC(C)(C)P(C[C@@]12[CH]3[CH]4[CH]5[C]1(P(c1ccc(C(F)(F)F)cc1)c1ccc(C(F)(F)F)cc1)[Fe]45321678[CH]2[CH]1[CH]6[CH]7[CH]28)C(C)(C)C. The molecule has 10 saturated heterocycles. The summed E-state index contributed by atoms with van der Waals surface area (Å²) in [4.78, 5) is 7.73. The van der Waals surface area contributed by atoms with Gasteiger partial charge in [0.2, 0.25) is 0 Å². The van der Waals surface area contributed by atoms with E-state index in [1.54, 1.807) is 24.3 Å². The van der Waals surface area contributed by atoms with E-state index in [1.165, 1.54) is 30.4 Å². The number of halogens is 6. The summed E-state index contributed by atoms with van der Waals surface area (Å²) in [6.07, 6.45) is -7.50. The Kier molecular flexibility index (Phi) is 2.13. The zero-order valence-electron chi connectivity index (χ0n) is 24.5. The van der Waals surface area contributed by atoms with Crippen LogP contribution in [-0.4, -0.2) is 20.5 Å². The molecule has 2 aromatic carbocycles. The second-order valence-electron chi connectivity index (χ2n) is 19.2. The fourth-order valence-corrected chi connectivity index (χ4v) is 120. The minimum absolute atomic E-state index is 0.196. The van der Waals surface area contributed by atoms with E-state index < -0.39 is 37.9 Å². The number of alkyl halides is 6. The predicted octanol–water partition coefficient (Wildman–Crippen LogP) is 10.9. The van der Waals surface area contributed by atoms with Crippen LogP contribution in [0.3, 0.4) is 0 Å². The number of hydrogen-bond acceptors (Lipinski definition) is 0. The molecule has 10 aliphatic rings. The van der Waals surface area contributed by atoms with E-state index in [2.05, 4.69) is 41.5 Å². The summed E-state index contributed by atoms with van der Waals surface area (Å²) >= 11 is 0. The molecular formula is C33H36F6FeP2. The number of hydrogen-bond donors (Lipinski definition) is 0. The Morgan fingerprint density at radius 2 is 0.976 bits per heavy atom. The van der Waals surface area contributed by atoms with Crippen molar-refractivity contribution in [3.05, 3.63) is 59.7 Å². The van der Waals surface area contributed by atoms with Gasteiger partial charge in [-0.2, -0.15) is 0 Å². The van der Waals surface area contributed by atoms with Crippen molar-refractivity contribution in [3.63, 3.8) is 0 Å². The predicted molar refractivity (Wildman–Crippen MR) is 156 cm³/mol. The fraction of sp³-hybridized carbons (Fsp3) is 0.636. The molecule has 0 nitrogen and oxygen atoms in total. The van der Waals surface area contributed by atoms with Gasteiger partial charge in [-0.25, -0.2) is 0 Å². The zero-order chi connectivity index (χ0) is 29.8. The van der Waals surface area contributed by atoms with Crippen LogP contribution >= 0.6 is 15.8 Å². The van der Waals surface area contributed by atoms with Crippen LogP contribution in [0, 0.1) is 0 Å². The third kappa shape index (κ3) is 0.694. The molecule has 9 heteroatoms. The molecule has 42 heavy (non-hydrogen) atoms. The molecular weight excluding hydrogens is 628 g/mol. The Labute approximate surface area is 235 Å². The van der Waals surface area contributed by atoms with Crippen molar-refractivity contribution in [2.24, 2.45) is 0 Å². The average molecular weight is 664 g/mol. The normalized spacial score (nSPS) is 59.0. The average Bonchev–Trinajstić information content (AvgIpc) is 3.81.